The van der Waals surface area contributed by atoms with Gasteiger partial charge >= 0.3 is 12.1 Å². The number of hydrogen-bond acceptors (Lipinski definition) is 6. The Hall–Kier alpha value is -4.35. The molecule has 38 heavy (non-hydrogen) atoms. The van der Waals surface area contributed by atoms with Crippen LogP contribution in [0.25, 0.3) is 22.3 Å². The molecule has 0 saturated carbocycles. The van der Waals surface area contributed by atoms with E-state index in [0.717, 1.165) is 46.6 Å². The number of carbonyl (C=O) groups is 2. The molecule has 200 valence electrons. The number of carbonyl (C=O) groups excluding carboxylic acids is 1. The Balaban J connectivity index is 0.000000426. The van der Waals surface area contributed by atoms with Crippen LogP contribution in [0.15, 0.2) is 59.7 Å². The van der Waals surface area contributed by atoms with Gasteiger partial charge in [0.25, 0.3) is 5.91 Å². The van der Waals surface area contributed by atoms with Crippen LogP contribution in [0.4, 0.5) is 13.2 Å². The highest BCUT2D eigenvalue weighted by atomic mass is 19.4. The topological polar surface area (TPSA) is 111 Å². The fraction of sp³-hybridized carbons (Fsp3) is 0.308. The smallest absolute Gasteiger partial charge is 0.490 e. The first kappa shape index (κ1) is 26.7. The van der Waals surface area contributed by atoms with Crippen molar-refractivity contribution in [3.8, 4) is 17.0 Å². The molecule has 1 aliphatic rings. The molecule has 4 heterocycles. The van der Waals surface area contributed by atoms with Crippen molar-refractivity contribution >= 4 is 22.9 Å². The SMILES string of the molecule is COc1ccc(-c2nc(C3CCN(C(=O)c4ccoc4)CC3)cc3c2ncn3C)cc1.O=C(O)C(F)(F)F. The van der Waals surface area contributed by atoms with Crippen LogP contribution < -0.4 is 4.74 Å². The van der Waals surface area contributed by atoms with Gasteiger partial charge in [-0.05, 0) is 49.2 Å². The fourth-order valence-electron chi connectivity index (χ4n) is 4.25. The number of aryl methyl sites for hydroxylation is 1. The van der Waals surface area contributed by atoms with Gasteiger partial charge in [0.2, 0.25) is 0 Å². The molecule has 12 heteroatoms. The van der Waals surface area contributed by atoms with E-state index in [-0.39, 0.29) is 5.91 Å². The number of piperidine rings is 1. The van der Waals surface area contributed by atoms with Crippen molar-refractivity contribution in [2.24, 2.45) is 7.05 Å². The second-order valence-corrected chi connectivity index (χ2v) is 8.73. The minimum atomic E-state index is -5.08. The number of carboxylic acids is 1. The lowest BCUT2D eigenvalue weighted by Gasteiger charge is -2.31. The summed E-state index contributed by atoms with van der Waals surface area (Å²) in [7, 11) is 3.66. The predicted molar refractivity (Wildman–Crippen MR) is 131 cm³/mol. The lowest BCUT2D eigenvalue weighted by atomic mass is 9.92. The first-order valence-electron chi connectivity index (χ1n) is 11.7. The molecule has 1 aliphatic heterocycles. The summed E-state index contributed by atoms with van der Waals surface area (Å²) in [6.45, 7) is 1.41. The van der Waals surface area contributed by atoms with Crippen LogP contribution in [0.1, 0.15) is 34.8 Å². The minimum Gasteiger partial charge on any atom is -0.497 e. The molecular formula is C26H25F3N4O5. The quantitative estimate of drug-likeness (QED) is 0.400. The number of pyridine rings is 1. The Labute approximate surface area is 215 Å². The van der Waals surface area contributed by atoms with Crippen LogP contribution in [-0.4, -0.2) is 62.8 Å². The maximum Gasteiger partial charge on any atom is 0.490 e. The second-order valence-electron chi connectivity index (χ2n) is 8.73. The largest absolute Gasteiger partial charge is 0.497 e. The van der Waals surface area contributed by atoms with Gasteiger partial charge in [-0.2, -0.15) is 13.2 Å². The van der Waals surface area contributed by atoms with Crippen molar-refractivity contribution in [1.29, 1.82) is 0 Å². The zero-order chi connectivity index (χ0) is 27.4. The first-order valence-corrected chi connectivity index (χ1v) is 11.7. The highest BCUT2D eigenvalue weighted by molar-refractivity contribution is 5.94. The third kappa shape index (κ3) is 5.79. The maximum atomic E-state index is 12.6. The second kappa shape index (κ2) is 11.0. The van der Waals surface area contributed by atoms with Gasteiger partial charge in [-0.25, -0.2) is 9.78 Å². The van der Waals surface area contributed by atoms with E-state index in [1.165, 1.54) is 12.5 Å². The molecule has 9 nitrogen and oxygen atoms in total. The van der Waals surface area contributed by atoms with E-state index in [1.807, 2.05) is 47.1 Å². The Morgan fingerprint density at radius 2 is 1.79 bits per heavy atom. The number of amides is 1. The molecule has 4 aromatic rings. The minimum absolute atomic E-state index is 0.0289. The zero-order valence-electron chi connectivity index (χ0n) is 20.6. The third-order valence-electron chi connectivity index (χ3n) is 6.31. The summed E-state index contributed by atoms with van der Waals surface area (Å²) in [5.41, 5.74) is 5.51. The lowest BCUT2D eigenvalue weighted by molar-refractivity contribution is -0.192. The van der Waals surface area contributed by atoms with Gasteiger partial charge in [0, 0.05) is 37.3 Å². The van der Waals surface area contributed by atoms with E-state index >= 15 is 0 Å². The number of aliphatic carboxylic acids is 1. The number of nitrogens with zero attached hydrogens (tertiary/aromatic N) is 4. The van der Waals surface area contributed by atoms with Crippen LogP contribution in [-0.2, 0) is 11.8 Å². The number of furan rings is 1. The number of fused-ring (bicyclic) bond motifs is 1. The Kier molecular flexibility index (Phi) is 7.70. The summed E-state index contributed by atoms with van der Waals surface area (Å²) >= 11 is 0. The third-order valence-corrected chi connectivity index (χ3v) is 6.31. The van der Waals surface area contributed by atoms with Crippen LogP contribution in [0, 0.1) is 0 Å². The summed E-state index contributed by atoms with van der Waals surface area (Å²) in [4.78, 5) is 33.0. The standard InChI is InChI=1S/C24H24N4O3.C2HF3O2/c1-27-15-25-23-21(27)13-20(26-22(23)17-3-5-19(30-2)6-4-17)16-7-10-28(11-8-16)24(29)18-9-12-31-14-18;3-2(4,5)1(6)7/h3-6,9,12-16H,7-8,10-11H2,1-2H3;(H,6,7). The fourth-order valence-corrected chi connectivity index (χ4v) is 4.25. The van der Waals surface area contributed by atoms with Crippen molar-refractivity contribution in [1.82, 2.24) is 19.4 Å². The van der Waals surface area contributed by atoms with E-state index in [4.69, 9.17) is 24.0 Å². The molecule has 0 radical (unpaired) electrons. The molecular weight excluding hydrogens is 505 g/mol. The number of likely N-dealkylation sites (tertiary alicyclic amines) is 1. The molecule has 1 fully saturated rings. The lowest BCUT2D eigenvalue weighted by Crippen LogP contribution is -2.37. The van der Waals surface area contributed by atoms with Crippen molar-refractivity contribution in [3.63, 3.8) is 0 Å². The van der Waals surface area contributed by atoms with E-state index in [1.54, 1.807) is 13.2 Å². The van der Waals surface area contributed by atoms with Crippen molar-refractivity contribution < 1.29 is 37.0 Å². The number of imidazole rings is 1. The average molecular weight is 531 g/mol. The molecule has 3 aromatic heterocycles. The number of carboxylic acid groups (broad SMARTS) is 1. The molecule has 1 aromatic carbocycles. The van der Waals surface area contributed by atoms with Crippen LogP contribution in [0.5, 0.6) is 5.75 Å². The zero-order valence-corrected chi connectivity index (χ0v) is 20.6. The molecule has 5 rings (SSSR count). The highest BCUT2D eigenvalue weighted by Gasteiger charge is 2.38. The van der Waals surface area contributed by atoms with Gasteiger partial charge in [0.15, 0.2) is 0 Å². The summed E-state index contributed by atoms with van der Waals surface area (Å²) in [5.74, 6) is -1.62. The monoisotopic (exact) mass is 530 g/mol. The maximum absolute atomic E-state index is 12.6. The van der Waals surface area contributed by atoms with Gasteiger partial charge in [-0.1, -0.05) is 0 Å². The van der Waals surface area contributed by atoms with E-state index < -0.39 is 12.1 Å². The number of benzene rings is 1. The molecule has 0 unspecified atom stereocenters. The molecule has 1 saturated heterocycles. The predicted octanol–water partition coefficient (Wildman–Crippen LogP) is 4.89. The van der Waals surface area contributed by atoms with Gasteiger partial charge < -0.3 is 23.7 Å². The van der Waals surface area contributed by atoms with E-state index in [0.29, 0.717) is 24.6 Å². The number of hydrogen-bond donors (Lipinski definition) is 1. The summed E-state index contributed by atoms with van der Waals surface area (Å²) < 4.78 is 44.1. The molecule has 0 aliphatic carbocycles. The normalized spacial score (nSPS) is 14.2. The van der Waals surface area contributed by atoms with E-state index in [9.17, 15) is 18.0 Å². The van der Waals surface area contributed by atoms with Crippen molar-refractivity contribution in [3.05, 3.63) is 66.5 Å². The van der Waals surface area contributed by atoms with Crippen LogP contribution in [0.2, 0.25) is 0 Å². The summed E-state index contributed by atoms with van der Waals surface area (Å²) in [5, 5.41) is 7.12. The van der Waals surface area contributed by atoms with Crippen molar-refractivity contribution in [2.75, 3.05) is 20.2 Å². The Morgan fingerprint density at radius 3 is 2.34 bits per heavy atom. The van der Waals surface area contributed by atoms with Crippen LogP contribution in [0.3, 0.4) is 0 Å². The number of rotatable bonds is 4. The first-order chi connectivity index (χ1) is 18.1. The number of halogens is 3. The number of alkyl halides is 3. The number of methoxy groups -OCH3 is 1. The van der Waals surface area contributed by atoms with Gasteiger partial charge in [-0.15, -0.1) is 0 Å². The van der Waals surface area contributed by atoms with E-state index in [2.05, 4.69) is 11.1 Å². The number of aromatic nitrogens is 3. The summed E-state index contributed by atoms with van der Waals surface area (Å²) in [6.07, 6.45) is 1.54. The van der Waals surface area contributed by atoms with Gasteiger partial charge in [0.05, 0.1) is 36.5 Å². The Morgan fingerprint density at radius 1 is 1.13 bits per heavy atom. The molecule has 1 N–H and O–H groups in total. The number of ether oxygens (including phenoxy) is 1. The van der Waals surface area contributed by atoms with Crippen molar-refractivity contribution in [2.45, 2.75) is 24.9 Å². The van der Waals surface area contributed by atoms with Crippen LogP contribution >= 0.6 is 0 Å². The molecule has 0 spiro atoms. The van der Waals surface area contributed by atoms with Gasteiger partial charge in [-0.3, -0.25) is 9.78 Å². The molecule has 1 amide bonds. The Bertz CT molecular complexity index is 1410. The molecule has 0 atom stereocenters. The average Bonchev–Trinajstić information content (AvgIpc) is 3.58. The van der Waals surface area contributed by atoms with Gasteiger partial charge in [0.1, 0.15) is 17.5 Å². The highest BCUT2D eigenvalue weighted by Crippen LogP contribution is 2.33. The summed E-state index contributed by atoms with van der Waals surface area (Å²) in [6, 6.07) is 11.8. The molecule has 0 bridgehead atoms.